The van der Waals surface area contributed by atoms with Crippen molar-refractivity contribution in [2.45, 2.75) is 99.3 Å². The predicted octanol–water partition coefficient (Wildman–Crippen LogP) is 7.04. The van der Waals surface area contributed by atoms with E-state index < -0.39 is 41.8 Å². The van der Waals surface area contributed by atoms with E-state index in [9.17, 15) is 19.5 Å². The predicted molar refractivity (Wildman–Crippen MR) is 168 cm³/mol. The standard InChI is InChI=1S/C35H46N2O7/c1-9-11-16-28-36-29(27(38)10-2)30(32(40)42-22-43-33(41)34(3,4)5)37(28)21-23-17-19-24(20-18-23)25-14-12-13-15-26(25)31(39)44-35(6,7)8/h12-15,17-20,27,38H,9-11,16,21-22H2,1-8H3. The third-order valence-corrected chi connectivity index (χ3v) is 6.87. The number of carbonyl (C=O) groups is 3. The van der Waals surface area contributed by atoms with Crippen molar-refractivity contribution in [2.24, 2.45) is 5.41 Å². The van der Waals surface area contributed by atoms with Crippen molar-refractivity contribution < 1.29 is 33.7 Å². The molecule has 9 heteroatoms. The molecule has 9 nitrogen and oxygen atoms in total. The van der Waals surface area contributed by atoms with E-state index in [0.717, 1.165) is 29.5 Å². The highest BCUT2D eigenvalue weighted by atomic mass is 16.7. The summed E-state index contributed by atoms with van der Waals surface area (Å²) in [6.45, 7) is 14.3. The topological polar surface area (TPSA) is 117 Å². The second kappa shape index (κ2) is 14.7. The van der Waals surface area contributed by atoms with Crippen molar-refractivity contribution in [3.8, 4) is 11.1 Å². The average molecular weight is 607 g/mol. The van der Waals surface area contributed by atoms with Gasteiger partial charge in [0.15, 0.2) is 5.69 Å². The molecule has 238 valence electrons. The Balaban J connectivity index is 1.96. The summed E-state index contributed by atoms with van der Waals surface area (Å²) in [7, 11) is 0. The minimum Gasteiger partial charge on any atom is -0.456 e. The van der Waals surface area contributed by atoms with Crippen LogP contribution in [0.5, 0.6) is 0 Å². The molecule has 0 bridgehead atoms. The van der Waals surface area contributed by atoms with Crippen molar-refractivity contribution in [1.29, 1.82) is 0 Å². The zero-order chi connectivity index (χ0) is 32.7. The Morgan fingerprint density at radius 2 is 1.57 bits per heavy atom. The Hall–Kier alpha value is -3.98. The number of carbonyl (C=O) groups excluding carboxylic acids is 3. The van der Waals surface area contributed by atoms with Crippen LogP contribution in [0.25, 0.3) is 11.1 Å². The molecule has 0 fully saturated rings. The fourth-order valence-corrected chi connectivity index (χ4v) is 4.50. The van der Waals surface area contributed by atoms with E-state index in [2.05, 4.69) is 6.92 Å². The van der Waals surface area contributed by atoms with Crippen LogP contribution in [0.3, 0.4) is 0 Å². The average Bonchev–Trinajstić information content (AvgIpc) is 3.32. The van der Waals surface area contributed by atoms with Crippen molar-refractivity contribution in [3.63, 3.8) is 0 Å². The maximum Gasteiger partial charge on any atom is 0.359 e. The van der Waals surface area contributed by atoms with E-state index in [0.29, 0.717) is 30.8 Å². The summed E-state index contributed by atoms with van der Waals surface area (Å²) in [5.74, 6) is -0.959. The van der Waals surface area contributed by atoms with E-state index in [1.54, 1.807) is 37.5 Å². The van der Waals surface area contributed by atoms with Crippen LogP contribution >= 0.6 is 0 Å². The van der Waals surface area contributed by atoms with Gasteiger partial charge in [0.05, 0.1) is 17.1 Å². The van der Waals surface area contributed by atoms with Crippen LogP contribution in [0.2, 0.25) is 0 Å². The van der Waals surface area contributed by atoms with E-state index in [1.165, 1.54) is 0 Å². The molecule has 0 saturated heterocycles. The number of rotatable bonds is 12. The highest BCUT2D eigenvalue weighted by Gasteiger charge is 2.29. The summed E-state index contributed by atoms with van der Waals surface area (Å²) in [4.78, 5) is 43.2. The number of esters is 3. The number of aliphatic hydroxyl groups is 1. The summed E-state index contributed by atoms with van der Waals surface area (Å²) in [5, 5.41) is 10.8. The lowest BCUT2D eigenvalue weighted by Gasteiger charge is -2.20. The van der Waals surface area contributed by atoms with Crippen LogP contribution in [-0.2, 0) is 32.0 Å². The van der Waals surface area contributed by atoms with Gasteiger partial charge in [-0.1, -0.05) is 62.7 Å². The molecule has 0 radical (unpaired) electrons. The number of aromatic nitrogens is 2. The first-order chi connectivity index (χ1) is 20.7. The number of unbranched alkanes of at least 4 members (excludes halogenated alkanes) is 1. The molecule has 1 aromatic heterocycles. The van der Waals surface area contributed by atoms with Crippen LogP contribution in [0.4, 0.5) is 0 Å². The highest BCUT2D eigenvalue weighted by molar-refractivity contribution is 5.97. The molecule has 1 N–H and O–H groups in total. The lowest BCUT2D eigenvalue weighted by molar-refractivity contribution is -0.161. The van der Waals surface area contributed by atoms with Gasteiger partial charge in [-0.3, -0.25) is 4.79 Å². The van der Waals surface area contributed by atoms with Gasteiger partial charge in [0.25, 0.3) is 0 Å². The van der Waals surface area contributed by atoms with Gasteiger partial charge in [-0.15, -0.1) is 0 Å². The molecule has 0 saturated carbocycles. The van der Waals surface area contributed by atoms with Gasteiger partial charge >= 0.3 is 17.9 Å². The van der Waals surface area contributed by atoms with Crippen molar-refractivity contribution in [1.82, 2.24) is 9.55 Å². The van der Waals surface area contributed by atoms with Crippen LogP contribution in [-0.4, -0.2) is 45.0 Å². The fraction of sp³-hybridized carbons (Fsp3) is 0.486. The molecule has 2 aromatic carbocycles. The van der Waals surface area contributed by atoms with Crippen LogP contribution in [0.15, 0.2) is 48.5 Å². The summed E-state index contributed by atoms with van der Waals surface area (Å²) in [6, 6.07) is 15.0. The van der Waals surface area contributed by atoms with Crippen molar-refractivity contribution in [2.75, 3.05) is 6.79 Å². The molecule has 0 aliphatic carbocycles. The maximum absolute atomic E-state index is 13.4. The highest BCUT2D eigenvalue weighted by Crippen LogP contribution is 2.28. The van der Waals surface area contributed by atoms with Crippen molar-refractivity contribution in [3.05, 3.63) is 76.9 Å². The van der Waals surface area contributed by atoms with Crippen LogP contribution in [0, 0.1) is 5.41 Å². The third kappa shape index (κ3) is 9.02. The normalized spacial score (nSPS) is 12.5. The Kier molecular flexibility index (Phi) is 11.5. The fourth-order valence-electron chi connectivity index (χ4n) is 4.50. The first kappa shape index (κ1) is 34.5. The maximum atomic E-state index is 13.4. The lowest BCUT2D eigenvalue weighted by atomic mass is 9.98. The van der Waals surface area contributed by atoms with Gasteiger partial charge in [0, 0.05) is 13.0 Å². The second-order valence-corrected chi connectivity index (χ2v) is 12.9. The van der Waals surface area contributed by atoms with Gasteiger partial charge in [0.1, 0.15) is 17.1 Å². The smallest absolute Gasteiger partial charge is 0.359 e. The molecule has 0 aliphatic rings. The third-order valence-electron chi connectivity index (χ3n) is 6.87. The molecule has 3 aromatic rings. The zero-order valence-electron chi connectivity index (χ0n) is 27.2. The Morgan fingerprint density at radius 3 is 2.16 bits per heavy atom. The number of hydrogen-bond donors (Lipinski definition) is 1. The number of imidazole rings is 1. The zero-order valence-corrected chi connectivity index (χ0v) is 27.2. The molecule has 1 atom stereocenters. The second-order valence-electron chi connectivity index (χ2n) is 12.9. The number of hydrogen-bond acceptors (Lipinski definition) is 8. The molecular formula is C35H46N2O7. The molecule has 44 heavy (non-hydrogen) atoms. The van der Waals surface area contributed by atoms with Gasteiger partial charge in [0.2, 0.25) is 6.79 Å². The number of nitrogens with zero attached hydrogens (tertiary/aromatic N) is 2. The first-order valence-electron chi connectivity index (χ1n) is 15.2. The van der Waals surface area contributed by atoms with Crippen LogP contribution < -0.4 is 0 Å². The molecule has 0 aliphatic heterocycles. The van der Waals surface area contributed by atoms with E-state index >= 15 is 0 Å². The molecule has 3 rings (SSSR count). The Labute approximate surface area is 260 Å². The van der Waals surface area contributed by atoms with Gasteiger partial charge < -0.3 is 23.9 Å². The van der Waals surface area contributed by atoms with Crippen LogP contribution in [0.1, 0.15) is 119 Å². The lowest BCUT2D eigenvalue weighted by Crippen LogP contribution is -2.25. The number of aryl methyl sites for hydroxylation is 1. The molecule has 1 heterocycles. The first-order valence-corrected chi connectivity index (χ1v) is 15.2. The summed E-state index contributed by atoms with van der Waals surface area (Å²) < 4.78 is 17.9. The molecular weight excluding hydrogens is 560 g/mol. The Bertz CT molecular complexity index is 1440. The summed E-state index contributed by atoms with van der Waals surface area (Å²) in [5.41, 5.74) is 1.96. The summed E-state index contributed by atoms with van der Waals surface area (Å²) in [6.07, 6.45) is 1.76. The molecule has 0 amide bonds. The van der Waals surface area contributed by atoms with Gasteiger partial charge in [-0.05, 0) is 77.1 Å². The van der Waals surface area contributed by atoms with Crippen molar-refractivity contribution >= 4 is 17.9 Å². The number of aliphatic hydroxyl groups excluding tert-OH is 1. The summed E-state index contributed by atoms with van der Waals surface area (Å²) >= 11 is 0. The quantitative estimate of drug-likeness (QED) is 0.172. The van der Waals surface area contributed by atoms with Gasteiger partial charge in [-0.2, -0.15) is 0 Å². The Morgan fingerprint density at radius 1 is 0.909 bits per heavy atom. The SMILES string of the molecule is CCCCc1nc(C(O)CC)c(C(=O)OCOC(=O)C(C)(C)C)n1Cc1ccc(-c2ccccc2C(=O)OC(C)(C)C)cc1. The monoisotopic (exact) mass is 606 g/mol. The van der Waals surface area contributed by atoms with E-state index in [1.807, 2.05) is 64.1 Å². The van der Waals surface area contributed by atoms with Gasteiger partial charge in [-0.25, -0.2) is 14.6 Å². The van der Waals surface area contributed by atoms with E-state index in [-0.39, 0.29) is 11.4 Å². The number of ether oxygens (including phenoxy) is 3. The molecule has 1 unspecified atom stereocenters. The minimum absolute atomic E-state index is 0.136. The molecule has 0 spiro atoms. The van der Waals surface area contributed by atoms with E-state index in [4.69, 9.17) is 19.2 Å². The minimum atomic E-state index is -0.969. The largest absolute Gasteiger partial charge is 0.456 e. The number of benzene rings is 2.